The number of rotatable bonds is 4. The average molecular weight is 275 g/mol. The monoisotopic (exact) mass is 275 g/mol. The van der Waals surface area contributed by atoms with Crippen molar-refractivity contribution in [2.45, 2.75) is 26.8 Å². The van der Waals surface area contributed by atoms with E-state index >= 15 is 0 Å². The maximum absolute atomic E-state index is 13.7. The Labute approximate surface area is 118 Å². The van der Waals surface area contributed by atoms with Gasteiger partial charge in [0.2, 0.25) is 0 Å². The summed E-state index contributed by atoms with van der Waals surface area (Å²) in [6.45, 7) is 6.32. The van der Waals surface area contributed by atoms with Crippen LogP contribution in [0.2, 0.25) is 0 Å². The molecule has 0 fully saturated rings. The van der Waals surface area contributed by atoms with Gasteiger partial charge in [-0.1, -0.05) is 31.2 Å². The van der Waals surface area contributed by atoms with Gasteiger partial charge in [0.1, 0.15) is 11.6 Å². The van der Waals surface area contributed by atoms with Crippen LogP contribution in [0.5, 0.6) is 0 Å². The lowest BCUT2D eigenvalue weighted by Crippen LogP contribution is -2.22. The molecule has 0 amide bonds. The van der Waals surface area contributed by atoms with Crippen LogP contribution in [0, 0.1) is 25.5 Å². The molecule has 2 aromatic carbocycles. The molecule has 1 atom stereocenters. The van der Waals surface area contributed by atoms with Crippen LogP contribution >= 0.6 is 0 Å². The molecule has 0 aliphatic carbocycles. The number of halogens is 2. The highest BCUT2D eigenvalue weighted by atomic mass is 19.1. The standard InChI is InChI=1S/C17H19F2N/c1-4-20-17(13-5-7-15(18)8-6-13)14-9-11(2)16(19)12(3)10-14/h5-10,17,20H,4H2,1-3H3. The van der Waals surface area contributed by atoms with Crippen molar-refractivity contribution in [2.24, 2.45) is 0 Å². The first kappa shape index (κ1) is 14.7. The van der Waals surface area contributed by atoms with Gasteiger partial charge in [0.15, 0.2) is 0 Å². The summed E-state index contributed by atoms with van der Waals surface area (Å²) in [6.07, 6.45) is 0. The van der Waals surface area contributed by atoms with Crippen LogP contribution in [-0.2, 0) is 0 Å². The molecule has 2 rings (SSSR count). The molecule has 0 saturated heterocycles. The normalized spacial score (nSPS) is 12.4. The van der Waals surface area contributed by atoms with E-state index in [1.54, 1.807) is 26.0 Å². The number of nitrogens with one attached hydrogen (secondary N) is 1. The summed E-state index contributed by atoms with van der Waals surface area (Å²) >= 11 is 0. The van der Waals surface area contributed by atoms with Crippen LogP contribution in [0.3, 0.4) is 0 Å². The van der Waals surface area contributed by atoms with Gasteiger partial charge in [-0.25, -0.2) is 8.78 Å². The van der Waals surface area contributed by atoms with Crippen molar-refractivity contribution in [1.82, 2.24) is 5.32 Å². The van der Waals surface area contributed by atoms with Gasteiger partial charge in [0, 0.05) is 0 Å². The summed E-state index contributed by atoms with van der Waals surface area (Å²) in [4.78, 5) is 0. The highest BCUT2D eigenvalue weighted by Gasteiger charge is 2.15. The first-order valence-corrected chi connectivity index (χ1v) is 6.78. The molecule has 0 bridgehead atoms. The summed E-state index contributed by atoms with van der Waals surface area (Å²) in [6, 6.07) is 10.1. The molecule has 1 nitrogen and oxygen atoms in total. The van der Waals surface area contributed by atoms with E-state index in [-0.39, 0.29) is 17.7 Å². The fourth-order valence-corrected chi connectivity index (χ4v) is 2.43. The maximum atomic E-state index is 13.7. The van der Waals surface area contributed by atoms with Gasteiger partial charge in [-0.3, -0.25) is 0 Å². The Morgan fingerprint density at radius 3 is 2.00 bits per heavy atom. The van der Waals surface area contributed by atoms with Gasteiger partial charge in [-0.2, -0.15) is 0 Å². The van der Waals surface area contributed by atoms with Crippen molar-refractivity contribution >= 4 is 0 Å². The third kappa shape index (κ3) is 3.05. The van der Waals surface area contributed by atoms with Crippen LogP contribution in [0.25, 0.3) is 0 Å². The van der Waals surface area contributed by atoms with E-state index in [0.29, 0.717) is 11.1 Å². The number of benzene rings is 2. The highest BCUT2D eigenvalue weighted by Crippen LogP contribution is 2.25. The first-order chi connectivity index (χ1) is 9.52. The topological polar surface area (TPSA) is 12.0 Å². The second-order valence-corrected chi connectivity index (χ2v) is 5.01. The van der Waals surface area contributed by atoms with E-state index in [1.807, 2.05) is 19.1 Å². The zero-order chi connectivity index (χ0) is 14.7. The quantitative estimate of drug-likeness (QED) is 0.878. The molecule has 0 spiro atoms. The minimum atomic E-state index is -0.254. The van der Waals surface area contributed by atoms with Crippen molar-refractivity contribution in [3.8, 4) is 0 Å². The second-order valence-electron chi connectivity index (χ2n) is 5.01. The molecule has 0 aliphatic rings. The fourth-order valence-electron chi connectivity index (χ4n) is 2.43. The van der Waals surface area contributed by atoms with Gasteiger partial charge in [0.25, 0.3) is 0 Å². The summed E-state index contributed by atoms with van der Waals surface area (Å²) in [7, 11) is 0. The third-order valence-electron chi connectivity index (χ3n) is 3.40. The molecule has 2 aromatic rings. The van der Waals surface area contributed by atoms with Gasteiger partial charge >= 0.3 is 0 Å². The van der Waals surface area contributed by atoms with Crippen molar-refractivity contribution in [2.75, 3.05) is 6.54 Å². The molecule has 0 heterocycles. The van der Waals surface area contributed by atoms with Crippen LogP contribution in [0.15, 0.2) is 36.4 Å². The van der Waals surface area contributed by atoms with E-state index < -0.39 is 0 Å². The Morgan fingerprint density at radius 1 is 0.950 bits per heavy atom. The van der Waals surface area contributed by atoms with Gasteiger partial charge < -0.3 is 5.32 Å². The minimum absolute atomic E-state index is 0.0569. The predicted octanol–water partition coefficient (Wildman–Crippen LogP) is 4.28. The SMILES string of the molecule is CCNC(c1ccc(F)cc1)c1cc(C)c(F)c(C)c1. The lowest BCUT2D eigenvalue weighted by atomic mass is 9.95. The van der Waals surface area contributed by atoms with Crippen molar-refractivity contribution < 1.29 is 8.78 Å². The molecular weight excluding hydrogens is 256 g/mol. The molecule has 20 heavy (non-hydrogen) atoms. The van der Waals surface area contributed by atoms with Crippen molar-refractivity contribution in [3.63, 3.8) is 0 Å². The lowest BCUT2D eigenvalue weighted by Gasteiger charge is -2.20. The van der Waals surface area contributed by atoms with Crippen LogP contribution in [0.4, 0.5) is 8.78 Å². The Balaban J connectivity index is 2.45. The molecule has 0 aromatic heterocycles. The van der Waals surface area contributed by atoms with Gasteiger partial charge in [-0.05, 0) is 54.8 Å². The Morgan fingerprint density at radius 2 is 1.50 bits per heavy atom. The van der Waals surface area contributed by atoms with E-state index in [2.05, 4.69) is 5.32 Å². The molecule has 0 saturated carbocycles. The Hall–Kier alpha value is -1.74. The van der Waals surface area contributed by atoms with E-state index in [4.69, 9.17) is 0 Å². The number of hydrogen-bond donors (Lipinski definition) is 1. The number of hydrogen-bond acceptors (Lipinski definition) is 1. The minimum Gasteiger partial charge on any atom is -0.307 e. The highest BCUT2D eigenvalue weighted by molar-refractivity contribution is 5.37. The molecule has 1 unspecified atom stereocenters. The van der Waals surface area contributed by atoms with E-state index in [1.165, 1.54) is 12.1 Å². The summed E-state index contributed by atoms with van der Waals surface area (Å²) in [5.74, 6) is -0.418. The molecule has 1 N–H and O–H groups in total. The largest absolute Gasteiger partial charge is 0.307 e. The fraction of sp³-hybridized carbons (Fsp3) is 0.294. The first-order valence-electron chi connectivity index (χ1n) is 6.78. The smallest absolute Gasteiger partial charge is 0.129 e. The zero-order valence-corrected chi connectivity index (χ0v) is 12.0. The molecule has 0 aliphatic heterocycles. The predicted molar refractivity (Wildman–Crippen MR) is 77.8 cm³/mol. The Kier molecular flexibility index (Phi) is 4.50. The molecule has 0 radical (unpaired) electrons. The number of aryl methyl sites for hydroxylation is 2. The summed E-state index contributed by atoms with van der Waals surface area (Å²) in [5, 5.41) is 3.36. The zero-order valence-electron chi connectivity index (χ0n) is 12.0. The Bertz CT molecular complexity index is 567. The summed E-state index contributed by atoms with van der Waals surface area (Å²) < 4.78 is 26.8. The van der Waals surface area contributed by atoms with Crippen LogP contribution in [-0.4, -0.2) is 6.54 Å². The van der Waals surface area contributed by atoms with E-state index in [9.17, 15) is 8.78 Å². The molecular formula is C17H19F2N. The third-order valence-corrected chi connectivity index (χ3v) is 3.40. The van der Waals surface area contributed by atoms with E-state index in [0.717, 1.165) is 17.7 Å². The van der Waals surface area contributed by atoms with Crippen molar-refractivity contribution in [3.05, 3.63) is 70.3 Å². The van der Waals surface area contributed by atoms with Crippen molar-refractivity contribution in [1.29, 1.82) is 0 Å². The maximum Gasteiger partial charge on any atom is 0.129 e. The average Bonchev–Trinajstić information content (AvgIpc) is 2.43. The summed E-state index contributed by atoms with van der Waals surface area (Å²) in [5.41, 5.74) is 3.23. The molecule has 3 heteroatoms. The molecule has 106 valence electrons. The van der Waals surface area contributed by atoms with Gasteiger partial charge in [0.05, 0.1) is 6.04 Å². The lowest BCUT2D eigenvalue weighted by molar-refractivity contribution is 0.596. The van der Waals surface area contributed by atoms with Crippen LogP contribution < -0.4 is 5.32 Å². The van der Waals surface area contributed by atoms with Crippen LogP contribution in [0.1, 0.15) is 35.2 Å². The van der Waals surface area contributed by atoms with Gasteiger partial charge in [-0.15, -0.1) is 0 Å². The second kappa shape index (κ2) is 6.14.